The van der Waals surface area contributed by atoms with Crippen LogP contribution < -0.4 is 0 Å². The lowest BCUT2D eigenvalue weighted by molar-refractivity contribution is -0.148. The second-order valence-electron chi connectivity index (χ2n) is 7.86. The Labute approximate surface area is 159 Å². The molecule has 0 unspecified atom stereocenters. The highest BCUT2D eigenvalue weighted by molar-refractivity contribution is 7.86. The van der Waals surface area contributed by atoms with Gasteiger partial charge in [-0.25, -0.2) is 9.59 Å². The molecule has 2 atom stereocenters. The van der Waals surface area contributed by atoms with Crippen LogP contribution in [0.25, 0.3) is 0 Å². The third-order valence-electron chi connectivity index (χ3n) is 4.25. The fourth-order valence-electron chi connectivity index (χ4n) is 2.82. The predicted molar refractivity (Wildman–Crippen MR) is 96.8 cm³/mol. The van der Waals surface area contributed by atoms with E-state index in [1.807, 2.05) is 6.92 Å². The van der Waals surface area contributed by atoms with Crippen molar-refractivity contribution in [2.75, 3.05) is 6.54 Å². The number of benzene rings is 1. The predicted octanol–water partition coefficient (Wildman–Crippen LogP) is 2.55. The smallest absolute Gasteiger partial charge is 0.411 e. The first-order valence-electron chi connectivity index (χ1n) is 8.48. The van der Waals surface area contributed by atoms with E-state index in [0.29, 0.717) is 0 Å². The Hall–Kier alpha value is -2.13. The number of ether oxygens (including phenoxy) is 1. The molecule has 9 heteroatoms. The summed E-state index contributed by atoms with van der Waals surface area (Å²) in [4.78, 5) is 25.2. The summed E-state index contributed by atoms with van der Waals surface area (Å²) in [6, 6.07) is 6.11. The van der Waals surface area contributed by atoms with Gasteiger partial charge in [-0.05, 0) is 46.8 Å². The summed E-state index contributed by atoms with van der Waals surface area (Å²) < 4.78 is 35.5. The van der Waals surface area contributed by atoms with Gasteiger partial charge in [-0.1, -0.05) is 17.7 Å². The van der Waals surface area contributed by atoms with Crippen LogP contribution in [0, 0.1) is 6.92 Å². The lowest BCUT2D eigenvalue weighted by Crippen LogP contribution is -2.52. The molecule has 1 fully saturated rings. The second-order valence-corrected chi connectivity index (χ2v) is 9.43. The lowest BCUT2D eigenvalue weighted by Gasteiger charge is -2.32. The molecule has 1 amide bonds. The van der Waals surface area contributed by atoms with Crippen LogP contribution in [0.5, 0.6) is 0 Å². The first-order valence-corrected chi connectivity index (χ1v) is 9.89. The number of rotatable bonds is 4. The standard InChI is InChI=1S/C18H25NO7S/c1-12-6-8-14(9-7-12)27(23,24)26-13-10-18(5,15(20)21)19(11-13)16(22)25-17(2,3)4/h6-9,13H,10-11H2,1-5H3,(H,20,21)/t13-,18-/m0/s1. The van der Waals surface area contributed by atoms with Gasteiger partial charge >= 0.3 is 12.1 Å². The van der Waals surface area contributed by atoms with E-state index >= 15 is 0 Å². The van der Waals surface area contributed by atoms with E-state index in [0.717, 1.165) is 10.5 Å². The first kappa shape index (κ1) is 21.2. The van der Waals surface area contributed by atoms with Crippen molar-refractivity contribution >= 4 is 22.2 Å². The number of aryl methyl sites for hydroxylation is 1. The van der Waals surface area contributed by atoms with Crippen molar-refractivity contribution in [2.24, 2.45) is 0 Å². The van der Waals surface area contributed by atoms with Crippen LogP contribution in [0.2, 0.25) is 0 Å². The number of amides is 1. The van der Waals surface area contributed by atoms with Gasteiger partial charge in [0, 0.05) is 6.42 Å². The quantitative estimate of drug-likeness (QED) is 0.775. The van der Waals surface area contributed by atoms with E-state index in [-0.39, 0.29) is 17.9 Å². The van der Waals surface area contributed by atoms with E-state index in [1.165, 1.54) is 19.1 Å². The van der Waals surface area contributed by atoms with Crippen molar-refractivity contribution in [1.29, 1.82) is 0 Å². The lowest BCUT2D eigenvalue weighted by atomic mass is 9.99. The van der Waals surface area contributed by atoms with Crippen molar-refractivity contribution in [3.05, 3.63) is 29.8 Å². The number of carbonyl (C=O) groups excluding carboxylic acids is 1. The van der Waals surface area contributed by atoms with Crippen molar-refractivity contribution in [2.45, 2.75) is 63.2 Å². The van der Waals surface area contributed by atoms with Crippen LogP contribution in [0.15, 0.2) is 29.2 Å². The first-order chi connectivity index (χ1) is 12.2. The van der Waals surface area contributed by atoms with Gasteiger partial charge in [-0.2, -0.15) is 8.42 Å². The van der Waals surface area contributed by atoms with Crippen molar-refractivity contribution in [1.82, 2.24) is 4.90 Å². The fourth-order valence-corrected chi connectivity index (χ4v) is 3.89. The molecule has 1 aromatic carbocycles. The molecule has 1 aliphatic rings. The van der Waals surface area contributed by atoms with Gasteiger partial charge in [0.2, 0.25) is 0 Å². The monoisotopic (exact) mass is 399 g/mol. The Bertz CT molecular complexity index is 826. The average Bonchev–Trinajstić information content (AvgIpc) is 2.83. The number of nitrogens with zero attached hydrogens (tertiary/aromatic N) is 1. The highest BCUT2D eigenvalue weighted by Crippen LogP contribution is 2.34. The van der Waals surface area contributed by atoms with E-state index in [9.17, 15) is 23.1 Å². The van der Waals surface area contributed by atoms with Crippen LogP contribution in [0.1, 0.15) is 39.7 Å². The molecule has 150 valence electrons. The van der Waals surface area contributed by atoms with Gasteiger partial charge in [0.05, 0.1) is 17.5 Å². The Morgan fingerprint density at radius 3 is 2.26 bits per heavy atom. The zero-order valence-corrected chi connectivity index (χ0v) is 16.9. The molecule has 0 bridgehead atoms. The van der Waals surface area contributed by atoms with Crippen LogP contribution in [-0.2, 0) is 23.8 Å². The average molecular weight is 399 g/mol. The summed E-state index contributed by atoms with van der Waals surface area (Å²) in [5.74, 6) is -1.26. The molecule has 0 spiro atoms. The Kier molecular flexibility index (Phi) is 5.58. The zero-order chi connectivity index (χ0) is 20.6. The number of likely N-dealkylation sites (tertiary alicyclic amines) is 1. The molecule has 0 radical (unpaired) electrons. The van der Waals surface area contributed by atoms with E-state index in [4.69, 9.17) is 8.92 Å². The Morgan fingerprint density at radius 1 is 1.22 bits per heavy atom. The van der Waals surface area contributed by atoms with Crippen molar-refractivity contribution in [3.8, 4) is 0 Å². The summed E-state index contributed by atoms with van der Waals surface area (Å²) in [5, 5.41) is 9.60. The van der Waals surface area contributed by atoms with E-state index in [2.05, 4.69) is 0 Å². The molecule has 0 aromatic heterocycles. The van der Waals surface area contributed by atoms with Gasteiger partial charge in [0.1, 0.15) is 11.1 Å². The largest absolute Gasteiger partial charge is 0.480 e. The molecular formula is C18H25NO7S. The van der Waals surface area contributed by atoms with E-state index < -0.39 is 39.4 Å². The van der Waals surface area contributed by atoms with Gasteiger partial charge < -0.3 is 9.84 Å². The third-order valence-corrected chi connectivity index (χ3v) is 5.63. The van der Waals surface area contributed by atoms with Gasteiger partial charge in [-0.15, -0.1) is 0 Å². The van der Waals surface area contributed by atoms with E-state index in [1.54, 1.807) is 32.9 Å². The maximum Gasteiger partial charge on any atom is 0.411 e. The Balaban J connectivity index is 2.23. The highest BCUT2D eigenvalue weighted by atomic mass is 32.2. The van der Waals surface area contributed by atoms with Crippen LogP contribution >= 0.6 is 0 Å². The minimum atomic E-state index is -4.09. The number of hydrogen-bond acceptors (Lipinski definition) is 6. The number of carboxylic acids is 1. The van der Waals surface area contributed by atoms with Gasteiger partial charge in [-0.3, -0.25) is 9.08 Å². The molecule has 8 nitrogen and oxygen atoms in total. The molecule has 0 saturated carbocycles. The molecule has 1 aromatic rings. The minimum Gasteiger partial charge on any atom is -0.480 e. The maximum absolute atomic E-state index is 12.5. The summed E-state index contributed by atoms with van der Waals surface area (Å²) in [5.41, 5.74) is -1.55. The molecule has 1 N–H and O–H groups in total. The summed E-state index contributed by atoms with van der Waals surface area (Å²) in [6.07, 6.45) is -2.00. The van der Waals surface area contributed by atoms with Crippen LogP contribution in [0.4, 0.5) is 4.79 Å². The minimum absolute atomic E-state index is 0.0270. The summed E-state index contributed by atoms with van der Waals surface area (Å²) in [7, 11) is -4.09. The normalized spacial score (nSPS) is 23.3. The number of carbonyl (C=O) groups is 2. The number of hydrogen-bond donors (Lipinski definition) is 1. The summed E-state index contributed by atoms with van der Waals surface area (Å²) >= 11 is 0. The Morgan fingerprint density at radius 2 is 1.78 bits per heavy atom. The van der Waals surface area contributed by atoms with Crippen molar-refractivity contribution < 1.29 is 32.0 Å². The van der Waals surface area contributed by atoms with Crippen LogP contribution in [-0.4, -0.2) is 54.3 Å². The number of carboxylic acid groups (broad SMARTS) is 1. The molecule has 0 aliphatic carbocycles. The molecule has 27 heavy (non-hydrogen) atoms. The molecule has 1 aliphatic heterocycles. The van der Waals surface area contributed by atoms with Gasteiger partial charge in [0.15, 0.2) is 0 Å². The maximum atomic E-state index is 12.5. The van der Waals surface area contributed by atoms with Crippen molar-refractivity contribution in [3.63, 3.8) is 0 Å². The van der Waals surface area contributed by atoms with Gasteiger partial charge in [0.25, 0.3) is 10.1 Å². The topological polar surface area (TPSA) is 110 Å². The molecule has 1 saturated heterocycles. The SMILES string of the molecule is Cc1ccc(S(=O)(=O)O[C@@H]2CN(C(=O)OC(C)(C)C)[C@](C)(C(=O)O)C2)cc1. The fraction of sp³-hybridized carbons (Fsp3) is 0.556. The zero-order valence-electron chi connectivity index (χ0n) is 16.1. The highest BCUT2D eigenvalue weighted by Gasteiger charge is 2.53. The number of aliphatic carboxylic acids is 1. The summed E-state index contributed by atoms with van der Waals surface area (Å²) in [6.45, 7) is 7.95. The molecule has 2 rings (SSSR count). The second kappa shape index (κ2) is 7.12. The van der Waals surface area contributed by atoms with Crippen LogP contribution in [0.3, 0.4) is 0 Å². The molecule has 1 heterocycles. The third kappa shape index (κ3) is 4.78. The molecular weight excluding hydrogens is 374 g/mol.